The Balaban J connectivity index is 1.51. The molecule has 1 atom stereocenters. The highest BCUT2D eigenvalue weighted by molar-refractivity contribution is 5.79. The molecule has 1 aliphatic carbocycles. The molecular formula is C22H25FN2O. The fourth-order valence-electron chi connectivity index (χ4n) is 4.34. The van der Waals surface area contributed by atoms with Gasteiger partial charge >= 0.3 is 0 Å². The van der Waals surface area contributed by atoms with Gasteiger partial charge < -0.3 is 4.90 Å². The Kier molecular flexibility index (Phi) is 5.00. The predicted molar refractivity (Wildman–Crippen MR) is 100 cm³/mol. The van der Waals surface area contributed by atoms with E-state index in [9.17, 15) is 9.18 Å². The number of benzene rings is 1. The van der Waals surface area contributed by atoms with Gasteiger partial charge in [-0.15, -0.1) is 0 Å². The van der Waals surface area contributed by atoms with E-state index in [-0.39, 0.29) is 17.7 Å². The Hall–Kier alpha value is -2.23. The van der Waals surface area contributed by atoms with Gasteiger partial charge in [0.15, 0.2) is 0 Å². The molecule has 1 aromatic carbocycles. The van der Waals surface area contributed by atoms with E-state index in [4.69, 9.17) is 4.98 Å². The third-order valence-corrected chi connectivity index (χ3v) is 5.75. The van der Waals surface area contributed by atoms with Gasteiger partial charge in [0.25, 0.3) is 0 Å². The van der Waals surface area contributed by atoms with Crippen LogP contribution in [-0.4, -0.2) is 28.9 Å². The lowest BCUT2D eigenvalue weighted by Gasteiger charge is -2.34. The lowest BCUT2D eigenvalue weighted by molar-refractivity contribution is -0.136. The molecule has 2 heterocycles. The van der Waals surface area contributed by atoms with Crippen LogP contribution in [0.4, 0.5) is 4.39 Å². The minimum Gasteiger partial charge on any atom is -0.342 e. The van der Waals surface area contributed by atoms with Crippen molar-refractivity contribution in [2.75, 3.05) is 13.1 Å². The van der Waals surface area contributed by atoms with Gasteiger partial charge in [-0.1, -0.05) is 31.0 Å². The summed E-state index contributed by atoms with van der Waals surface area (Å²) in [6.45, 7) is 1.63. The molecule has 0 radical (unpaired) electrons. The number of hydrogen-bond acceptors (Lipinski definition) is 2. The monoisotopic (exact) mass is 352 g/mol. The summed E-state index contributed by atoms with van der Waals surface area (Å²) in [4.78, 5) is 19.6. The SMILES string of the molecule is O=C(C1CCCC1)N1CCC[C@H](c2cccc(-c3cccc(F)c3)n2)C1. The summed E-state index contributed by atoms with van der Waals surface area (Å²) in [5.74, 6) is 0.595. The number of aromatic nitrogens is 1. The Morgan fingerprint density at radius 3 is 2.65 bits per heavy atom. The van der Waals surface area contributed by atoms with Crippen LogP contribution in [0.3, 0.4) is 0 Å². The first-order chi connectivity index (χ1) is 12.7. The van der Waals surface area contributed by atoms with E-state index in [1.807, 2.05) is 24.3 Å². The zero-order valence-electron chi connectivity index (χ0n) is 15.0. The molecule has 0 spiro atoms. The van der Waals surface area contributed by atoms with Crippen molar-refractivity contribution in [1.82, 2.24) is 9.88 Å². The van der Waals surface area contributed by atoms with Gasteiger partial charge in [-0.3, -0.25) is 9.78 Å². The van der Waals surface area contributed by atoms with E-state index in [0.29, 0.717) is 5.91 Å². The highest BCUT2D eigenvalue weighted by Gasteiger charge is 2.31. The molecule has 1 saturated heterocycles. The Bertz CT molecular complexity index is 785. The van der Waals surface area contributed by atoms with Crippen LogP contribution in [0.5, 0.6) is 0 Å². The van der Waals surface area contributed by atoms with Crippen molar-refractivity contribution in [3.05, 3.63) is 54.0 Å². The summed E-state index contributed by atoms with van der Waals surface area (Å²) in [6.07, 6.45) is 6.54. The van der Waals surface area contributed by atoms with E-state index in [2.05, 4.69) is 4.90 Å². The molecule has 0 unspecified atom stereocenters. The van der Waals surface area contributed by atoms with E-state index in [1.165, 1.54) is 25.0 Å². The van der Waals surface area contributed by atoms with Crippen LogP contribution in [-0.2, 0) is 4.79 Å². The highest BCUT2D eigenvalue weighted by Crippen LogP contribution is 2.31. The molecule has 1 saturated carbocycles. The summed E-state index contributed by atoms with van der Waals surface area (Å²) in [7, 11) is 0. The molecule has 0 N–H and O–H groups in total. The summed E-state index contributed by atoms with van der Waals surface area (Å²) in [5.41, 5.74) is 2.60. The van der Waals surface area contributed by atoms with Gasteiger partial charge in [-0.2, -0.15) is 0 Å². The lowest BCUT2D eigenvalue weighted by atomic mass is 9.92. The smallest absolute Gasteiger partial charge is 0.225 e. The van der Waals surface area contributed by atoms with Gasteiger partial charge in [0.1, 0.15) is 5.82 Å². The van der Waals surface area contributed by atoms with Crippen molar-refractivity contribution in [1.29, 1.82) is 0 Å². The number of carbonyl (C=O) groups is 1. The number of piperidine rings is 1. The molecule has 2 fully saturated rings. The molecule has 2 aromatic rings. The van der Waals surface area contributed by atoms with E-state index >= 15 is 0 Å². The molecule has 4 heteroatoms. The number of likely N-dealkylation sites (tertiary alicyclic amines) is 1. The zero-order chi connectivity index (χ0) is 17.9. The summed E-state index contributed by atoms with van der Waals surface area (Å²) in [6, 6.07) is 12.5. The molecular weight excluding hydrogens is 327 g/mol. The minimum atomic E-state index is -0.249. The second-order valence-corrected chi connectivity index (χ2v) is 7.56. The molecule has 26 heavy (non-hydrogen) atoms. The van der Waals surface area contributed by atoms with Crippen LogP contribution in [0.25, 0.3) is 11.3 Å². The fourth-order valence-corrected chi connectivity index (χ4v) is 4.34. The Morgan fingerprint density at radius 2 is 1.85 bits per heavy atom. The van der Waals surface area contributed by atoms with Gasteiger partial charge in [-0.05, 0) is 49.9 Å². The zero-order valence-corrected chi connectivity index (χ0v) is 15.0. The van der Waals surface area contributed by atoms with Crippen LogP contribution in [0.15, 0.2) is 42.5 Å². The van der Waals surface area contributed by atoms with Crippen LogP contribution in [0.1, 0.15) is 50.1 Å². The second kappa shape index (κ2) is 7.56. The molecule has 4 rings (SSSR count). The highest BCUT2D eigenvalue weighted by atomic mass is 19.1. The lowest BCUT2D eigenvalue weighted by Crippen LogP contribution is -2.42. The molecule has 1 aromatic heterocycles. The van der Waals surface area contributed by atoms with Crippen LogP contribution in [0.2, 0.25) is 0 Å². The van der Waals surface area contributed by atoms with Crippen molar-refractivity contribution >= 4 is 5.91 Å². The second-order valence-electron chi connectivity index (χ2n) is 7.56. The van der Waals surface area contributed by atoms with Crippen LogP contribution in [0, 0.1) is 11.7 Å². The quantitative estimate of drug-likeness (QED) is 0.796. The molecule has 3 nitrogen and oxygen atoms in total. The summed E-state index contributed by atoms with van der Waals surface area (Å²) >= 11 is 0. The average molecular weight is 352 g/mol. The normalized spacial score (nSPS) is 21.1. The Morgan fingerprint density at radius 1 is 1.04 bits per heavy atom. The van der Waals surface area contributed by atoms with E-state index in [0.717, 1.165) is 55.7 Å². The van der Waals surface area contributed by atoms with Gasteiger partial charge in [0.2, 0.25) is 5.91 Å². The van der Waals surface area contributed by atoms with Gasteiger partial charge in [0.05, 0.1) is 5.69 Å². The number of amides is 1. The van der Waals surface area contributed by atoms with Gasteiger partial charge in [0, 0.05) is 36.2 Å². The maximum Gasteiger partial charge on any atom is 0.225 e. The number of hydrogen-bond donors (Lipinski definition) is 0. The van der Waals surface area contributed by atoms with Crippen LogP contribution < -0.4 is 0 Å². The van der Waals surface area contributed by atoms with Gasteiger partial charge in [-0.25, -0.2) is 4.39 Å². The summed E-state index contributed by atoms with van der Waals surface area (Å²) < 4.78 is 13.5. The number of carbonyl (C=O) groups excluding carboxylic acids is 1. The summed E-state index contributed by atoms with van der Waals surface area (Å²) in [5, 5.41) is 0. The maximum absolute atomic E-state index is 13.5. The van der Waals surface area contributed by atoms with E-state index < -0.39 is 0 Å². The fraction of sp³-hybridized carbons (Fsp3) is 0.455. The first-order valence-corrected chi connectivity index (χ1v) is 9.72. The molecule has 1 aliphatic heterocycles. The van der Waals surface area contributed by atoms with E-state index in [1.54, 1.807) is 6.07 Å². The number of halogens is 1. The first kappa shape index (κ1) is 17.2. The number of nitrogens with zero attached hydrogens (tertiary/aromatic N) is 2. The average Bonchev–Trinajstić information content (AvgIpc) is 3.22. The van der Waals surface area contributed by atoms with Crippen LogP contribution >= 0.6 is 0 Å². The van der Waals surface area contributed by atoms with Crippen molar-refractivity contribution < 1.29 is 9.18 Å². The van der Waals surface area contributed by atoms with Crippen molar-refractivity contribution in [2.24, 2.45) is 5.92 Å². The number of pyridine rings is 1. The molecule has 1 amide bonds. The largest absolute Gasteiger partial charge is 0.342 e. The predicted octanol–water partition coefficient (Wildman–Crippen LogP) is 4.78. The van der Waals surface area contributed by atoms with Crippen molar-refractivity contribution in [3.8, 4) is 11.3 Å². The minimum absolute atomic E-state index is 0.236. The van der Waals surface area contributed by atoms with Crippen molar-refractivity contribution in [2.45, 2.75) is 44.4 Å². The maximum atomic E-state index is 13.5. The third-order valence-electron chi connectivity index (χ3n) is 5.75. The molecule has 136 valence electrons. The molecule has 2 aliphatic rings. The molecule has 0 bridgehead atoms. The standard InChI is InChI=1S/C22H25FN2O/c23-19-10-3-8-17(14-19)20-11-4-12-21(24-20)18-9-5-13-25(15-18)22(26)16-6-1-2-7-16/h3-4,8,10-12,14,16,18H,1-2,5-7,9,13,15H2/t18-/m0/s1. The third kappa shape index (κ3) is 3.64. The Labute approximate surface area is 154 Å². The first-order valence-electron chi connectivity index (χ1n) is 9.72. The topological polar surface area (TPSA) is 33.2 Å². The number of rotatable bonds is 3. The van der Waals surface area contributed by atoms with Crippen molar-refractivity contribution in [3.63, 3.8) is 0 Å².